The highest BCUT2D eigenvalue weighted by Gasteiger charge is 2.18. The summed E-state index contributed by atoms with van der Waals surface area (Å²) in [5.41, 5.74) is 7.61. The second kappa shape index (κ2) is 7.40. The average molecular weight is 373 g/mol. The van der Waals surface area contributed by atoms with Crippen molar-refractivity contribution >= 4 is 23.1 Å². The minimum absolute atomic E-state index is 0.0191. The van der Waals surface area contributed by atoms with Crippen LogP contribution in [0.2, 0.25) is 5.15 Å². The lowest BCUT2D eigenvalue weighted by atomic mass is 10.0. The quantitative estimate of drug-likeness (QED) is 0.557. The van der Waals surface area contributed by atoms with Crippen molar-refractivity contribution in [2.45, 2.75) is 6.92 Å². The number of anilines is 1. The van der Waals surface area contributed by atoms with Gasteiger partial charge in [-0.1, -0.05) is 11.6 Å². The number of aliphatic imine (C=N–C) groups is 1. The van der Waals surface area contributed by atoms with E-state index in [0.717, 1.165) is 0 Å². The lowest BCUT2D eigenvalue weighted by molar-refractivity contribution is 0.438. The molecule has 1 aromatic carbocycles. The molecular weight excluding hydrogens is 359 g/mol. The van der Waals surface area contributed by atoms with E-state index in [1.54, 1.807) is 20.0 Å². The second-order valence-corrected chi connectivity index (χ2v) is 5.58. The summed E-state index contributed by atoms with van der Waals surface area (Å²) in [5.74, 6) is -0.101. The Labute approximate surface area is 153 Å². The summed E-state index contributed by atoms with van der Waals surface area (Å²) in [6.45, 7) is 1.75. The highest BCUT2D eigenvalue weighted by molar-refractivity contribution is 6.29. The standard InChI is InChI=1S/C17H14ClFN6O/c1-9-14(16(20)24-8-23-9)15(21-2)11-4-3-10(7-12(11)19)26-17-22-6-5-13(18)25-17/h3-8H,1-2H3,(H2,20,23,24). The van der Waals surface area contributed by atoms with E-state index in [1.165, 1.54) is 30.7 Å². The van der Waals surface area contributed by atoms with E-state index < -0.39 is 5.82 Å². The maximum atomic E-state index is 14.7. The zero-order chi connectivity index (χ0) is 18.7. The maximum Gasteiger partial charge on any atom is 0.323 e. The Morgan fingerprint density at radius 3 is 2.69 bits per heavy atom. The van der Waals surface area contributed by atoms with Gasteiger partial charge in [0.1, 0.15) is 28.9 Å². The third-order valence-electron chi connectivity index (χ3n) is 3.53. The van der Waals surface area contributed by atoms with Crippen molar-refractivity contribution in [1.82, 2.24) is 19.9 Å². The molecule has 0 saturated carbocycles. The van der Waals surface area contributed by atoms with Gasteiger partial charge >= 0.3 is 6.01 Å². The van der Waals surface area contributed by atoms with Gasteiger partial charge in [-0.2, -0.15) is 4.98 Å². The van der Waals surface area contributed by atoms with Crippen molar-refractivity contribution < 1.29 is 9.13 Å². The Morgan fingerprint density at radius 1 is 1.23 bits per heavy atom. The fourth-order valence-electron chi connectivity index (χ4n) is 2.38. The van der Waals surface area contributed by atoms with Crippen molar-refractivity contribution in [3.05, 3.63) is 64.6 Å². The topological polar surface area (TPSA) is 99.2 Å². The van der Waals surface area contributed by atoms with Crippen LogP contribution in [0.15, 0.2) is 41.8 Å². The molecule has 9 heteroatoms. The molecule has 0 radical (unpaired) electrons. The second-order valence-electron chi connectivity index (χ2n) is 5.20. The van der Waals surface area contributed by atoms with E-state index in [0.29, 0.717) is 17.0 Å². The van der Waals surface area contributed by atoms with Gasteiger partial charge in [0.15, 0.2) is 0 Å². The predicted molar refractivity (Wildman–Crippen MR) is 96.3 cm³/mol. The SMILES string of the molecule is CN=C(c1ccc(Oc2nccc(Cl)n2)cc1F)c1c(C)ncnc1N. The van der Waals surface area contributed by atoms with Crippen LogP contribution in [-0.4, -0.2) is 32.7 Å². The van der Waals surface area contributed by atoms with Gasteiger partial charge in [0.05, 0.1) is 17.0 Å². The Bertz CT molecular complexity index is 974. The fraction of sp³-hybridized carbons (Fsp3) is 0.118. The fourth-order valence-corrected chi connectivity index (χ4v) is 2.51. The molecule has 0 aliphatic rings. The Balaban J connectivity index is 1.96. The normalized spacial score (nSPS) is 11.5. The molecule has 0 aliphatic carbocycles. The first kappa shape index (κ1) is 17.7. The van der Waals surface area contributed by atoms with Crippen LogP contribution < -0.4 is 10.5 Å². The molecule has 0 spiro atoms. The Morgan fingerprint density at radius 2 is 2.04 bits per heavy atom. The molecule has 2 N–H and O–H groups in total. The largest absolute Gasteiger partial charge is 0.424 e. The predicted octanol–water partition coefficient (Wildman–Crippen LogP) is 3.21. The number of hydrogen-bond donors (Lipinski definition) is 1. The van der Waals surface area contributed by atoms with Gasteiger partial charge in [-0.3, -0.25) is 4.99 Å². The van der Waals surface area contributed by atoms with Gasteiger partial charge in [0.25, 0.3) is 0 Å². The minimum Gasteiger partial charge on any atom is -0.424 e. The van der Waals surface area contributed by atoms with Gasteiger partial charge in [-0.15, -0.1) is 0 Å². The molecule has 0 bridgehead atoms. The molecule has 3 rings (SSSR count). The summed E-state index contributed by atoms with van der Waals surface area (Å²) in [6.07, 6.45) is 2.79. The van der Waals surface area contributed by atoms with Crippen molar-refractivity contribution in [3.8, 4) is 11.8 Å². The van der Waals surface area contributed by atoms with Gasteiger partial charge in [-0.25, -0.2) is 19.3 Å². The zero-order valence-corrected chi connectivity index (χ0v) is 14.7. The molecule has 0 aliphatic heterocycles. The number of nitrogens with zero attached hydrogens (tertiary/aromatic N) is 5. The van der Waals surface area contributed by atoms with E-state index >= 15 is 0 Å². The third kappa shape index (κ3) is 3.60. The third-order valence-corrected chi connectivity index (χ3v) is 3.74. The zero-order valence-electron chi connectivity index (χ0n) is 13.9. The summed E-state index contributed by atoms with van der Waals surface area (Å²) < 4.78 is 20.1. The van der Waals surface area contributed by atoms with Crippen LogP contribution in [0.4, 0.5) is 10.2 Å². The molecule has 0 atom stereocenters. The first-order valence-electron chi connectivity index (χ1n) is 7.50. The van der Waals surface area contributed by atoms with E-state index in [9.17, 15) is 4.39 Å². The van der Waals surface area contributed by atoms with E-state index in [4.69, 9.17) is 22.1 Å². The van der Waals surface area contributed by atoms with Crippen LogP contribution in [0.5, 0.6) is 11.8 Å². The molecule has 132 valence electrons. The molecule has 3 aromatic rings. The van der Waals surface area contributed by atoms with Crippen LogP contribution >= 0.6 is 11.6 Å². The van der Waals surface area contributed by atoms with Gasteiger partial charge in [0.2, 0.25) is 0 Å². The van der Waals surface area contributed by atoms with Gasteiger partial charge in [-0.05, 0) is 25.1 Å². The molecule has 26 heavy (non-hydrogen) atoms. The van der Waals surface area contributed by atoms with Gasteiger partial charge < -0.3 is 10.5 Å². The van der Waals surface area contributed by atoms with Crippen LogP contribution in [0.25, 0.3) is 0 Å². The number of hydrogen-bond acceptors (Lipinski definition) is 7. The molecule has 0 amide bonds. The number of aromatic nitrogens is 4. The van der Waals surface area contributed by atoms with Crippen molar-refractivity contribution in [3.63, 3.8) is 0 Å². The summed E-state index contributed by atoms with van der Waals surface area (Å²) >= 11 is 5.78. The molecular formula is C17H14ClFN6O. The Hall–Kier alpha value is -3.13. The van der Waals surface area contributed by atoms with Crippen LogP contribution in [0.1, 0.15) is 16.8 Å². The molecule has 2 heterocycles. The smallest absolute Gasteiger partial charge is 0.323 e. The Kier molecular flexibility index (Phi) is 5.04. The number of aryl methyl sites for hydroxylation is 1. The summed E-state index contributed by atoms with van der Waals surface area (Å²) in [5, 5.41) is 0.225. The number of halogens is 2. The maximum absolute atomic E-state index is 14.7. The minimum atomic E-state index is -0.548. The molecule has 0 unspecified atom stereocenters. The number of nitrogens with two attached hydrogens (primary N) is 1. The van der Waals surface area contributed by atoms with Crippen molar-refractivity contribution in [2.75, 3.05) is 12.8 Å². The summed E-state index contributed by atoms with van der Waals surface area (Å²) in [7, 11) is 1.55. The van der Waals surface area contributed by atoms with Crippen molar-refractivity contribution in [2.24, 2.45) is 4.99 Å². The van der Waals surface area contributed by atoms with Crippen LogP contribution in [-0.2, 0) is 0 Å². The van der Waals surface area contributed by atoms with E-state index in [2.05, 4.69) is 24.9 Å². The molecule has 0 fully saturated rings. The molecule has 0 saturated heterocycles. The highest BCUT2D eigenvalue weighted by Crippen LogP contribution is 2.25. The average Bonchev–Trinajstić information content (AvgIpc) is 2.59. The van der Waals surface area contributed by atoms with Crippen LogP contribution in [0.3, 0.4) is 0 Å². The van der Waals surface area contributed by atoms with E-state index in [-0.39, 0.29) is 28.3 Å². The number of benzene rings is 1. The summed E-state index contributed by atoms with van der Waals surface area (Å²) in [4.78, 5) is 20.0. The molecule has 7 nitrogen and oxygen atoms in total. The molecule has 2 aromatic heterocycles. The first-order valence-corrected chi connectivity index (χ1v) is 7.88. The number of rotatable bonds is 4. The first-order chi connectivity index (χ1) is 12.5. The van der Waals surface area contributed by atoms with Crippen LogP contribution in [0, 0.1) is 12.7 Å². The lowest BCUT2D eigenvalue weighted by Crippen LogP contribution is -2.13. The summed E-state index contributed by atoms with van der Waals surface area (Å²) in [6, 6.07) is 5.84. The van der Waals surface area contributed by atoms with E-state index in [1.807, 2.05) is 0 Å². The number of nitrogen functional groups attached to an aromatic ring is 1. The number of ether oxygens (including phenoxy) is 1. The lowest BCUT2D eigenvalue weighted by Gasteiger charge is -2.12. The highest BCUT2D eigenvalue weighted by atomic mass is 35.5. The monoisotopic (exact) mass is 372 g/mol. The van der Waals surface area contributed by atoms with Crippen molar-refractivity contribution in [1.29, 1.82) is 0 Å². The van der Waals surface area contributed by atoms with Gasteiger partial charge in [0, 0.05) is 24.9 Å².